The molecule has 3 rings (SSSR count). The van der Waals surface area contributed by atoms with Crippen molar-refractivity contribution in [3.8, 4) is 0 Å². The van der Waals surface area contributed by atoms with E-state index in [1.165, 1.54) is 0 Å². The molecule has 1 aliphatic rings. The molecule has 1 fully saturated rings. The summed E-state index contributed by atoms with van der Waals surface area (Å²) in [6, 6.07) is 7.35. The molecule has 0 aliphatic carbocycles. The summed E-state index contributed by atoms with van der Waals surface area (Å²) < 4.78 is 0. The van der Waals surface area contributed by atoms with Gasteiger partial charge in [-0.3, -0.25) is 9.78 Å². The SMILES string of the molecule is CC1CCNCC1NC(=O)c1ccc(Cl)c2cccnc12. The van der Waals surface area contributed by atoms with E-state index in [9.17, 15) is 4.79 Å². The number of nitrogens with zero attached hydrogens (tertiary/aromatic N) is 1. The molecule has 110 valence electrons. The Labute approximate surface area is 128 Å². The van der Waals surface area contributed by atoms with Crippen molar-refractivity contribution in [3.63, 3.8) is 0 Å². The van der Waals surface area contributed by atoms with E-state index in [1.807, 2.05) is 12.1 Å². The van der Waals surface area contributed by atoms with E-state index in [4.69, 9.17) is 11.6 Å². The van der Waals surface area contributed by atoms with Crippen LogP contribution in [0.5, 0.6) is 0 Å². The third-order valence-corrected chi connectivity index (χ3v) is 4.43. The highest BCUT2D eigenvalue weighted by molar-refractivity contribution is 6.36. The lowest BCUT2D eigenvalue weighted by atomic mass is 9.94. The lowest BCUT2D eigenvalue weighted by Crippen LogP contribution is -2.50. The number of nitrogens with one attached hydrogen (secondary N) is 2. The molecule has 1 aliphatic heterocycles. The highest BCUT2D eigenvalue weighted by Gasteiger charge is 2.24. The zero-order valence-electron chi connectivity index (χ0n) is 11.9. The van der Waals surface area contributed by atoms with Crippen LogP contribution in [0.3, 0.4) is 0 Å². The molecule has 1 aromatic heterocycles. The molecule has 1 amide bonds. The fourth-order valence-corrected chi connectivity index (χ4v) is 2.97. The monoisotopic (exact) mass is 303 g/mol. The molecule has 2 unspecified atom stereocenters. The summed E-state index contributed by atoms with van der Waals surface area (Å²) in [5.74, 6) is 0.387. The second-order valence-corrected chi connectivity index (χ2v) is 5.95. The Morgan fingerprint density at radius 3 is 3.10 bits per heavy atom. The van der Waals surface area contributed by atoms with Crippen LogP contribution in [0.4, 0.5) is 0 Å². The van der Waals surface area contributed by atoms with Gasteiger partial charge >= 0.3 is 0 Å². The van der Waals surface area contributed by atoms with Gasteiger partial charge in [-0.15, -0.1) is 0 Å². The van der Waals surface area contributed by atoms with Gasteiger partial charge in [0.1, 0.15) is 0 Å². The van der Waals surface area contributed by atoms with Crippen LogP contribution in [0.1, 0.15) is 23.7 Å². The summed E-state index contributed by atoms with van der Waals surface area (Å²) in [6.45, 7) is 3.99. The molecule has 2 N–H and O–H groups in total. The standard InChI is InChI=1S/C16H18ClN3O/c1-10-6-8-18-9-14(10)20-16(21)12-4-5-13(17)11-3-2-7-19-15(11)12/h2-5,7,10,14,18H,6,8-9H2,1H3,(H,20,21). The van der Waals surface area contributed by atoms with Crippen LogP contribution >= 0.6 is 11.6 Å². The summed E-state index contributed by atoms with van der Waals surface area (Å²) in [7, 11) is 0. The third kappa shape index (κ3) is 2.87. The number of rotatable bonds is 2. The molecule has 1 aromatic carbocycles. The molecule has 0 radical (unpaired) electrons. The number of halogens is 1. The largest absolute Gasteiger partial charge is 0.348 e. The van der Waals surface area contributed by atoms with Crippen LogP contribution < -0.4 is 10.6 Å². The zero-order chi connectivity index (χ0) is 14.8. The first kappa shape index (κ1) is 14.3. The van der Waals surface area contributed by atoms with Crippen LogP contribution in [-0.4, -0.2) is 30.0 Å². The molecule has 4 nitrogen and oxygen atoms in total. The number of carbonyl (C=O) groups excluding carboxylic acids is 1. The molecule has 2 aromatic rings. The maximum atomic E-state index is 12.6. The number of fused-ring (bicyclic) bond motifs is 1. The lowest BCUT2D eigenvalue weighted by Gasteiger charge is -2.30. The Hall–Kier alpha value is -1.65. The maximum Gasteiger partial charge on any atom is 0.253 e. The smallest absolute Gasteiger partial charge is 0.253 e. The van der Waals surface area contributed by atoms with Crippen molar-refractivity contribution in [2.24, 2.45) is 5.92 Å². The van der Waals surface area contributed by atoms with Crippen molar-refractivity contribution in [1.29, 1.82) is 0 Å². The predicted octanol–water partition coefficient (Wildman–Crippen LogP) is 2.62. The average Bonchev–Trinajstić information content (AvgIpc) is 2.50. The van der Waals surface area contributed by atoms with Crippen molar-refractivity contribution < 1.29 is 4.79 Å². The van der Waals surface area contributed by atoms with Crippen molar-refractivity contribution in [2.75, 3.05) is 13.1 Å². The van der Waals surface area contributed by atoms with Crippen molar-refractivity contribution in [2.45, 2.75) is 19.4 Å². The Kier molecular flexibility index (Phi) is 4.08. The third-order valence-electron chi connectivity index (χ3n) is 4.11. The Morgan fingerprint density at radius 1 is 1.43 bits per heavy atom. The molecule has 2 heterocycles. The maximum absolute atomic E-state index is 12.6. The molecule has 0 spiro atoms. The number of hydrogen-bond acceptors (Lipinski definition) is 3. The van der Waals surface area contributed by atoms with Crippen LogP contribution in [0, 0.1) is 5.92 Å². The topological polar surface area (TPSA) is 54.0 Å². The van der Waals surface area contributed by atoms with Gasteiger partial charge in [-0.1, -0.05) is 18.5 Å². The number of pyridine rings is 1. The highest BCUT2D eigenvalue weighted by atomic mass is 35.5. The number of amides is 1. The van der Waals surface area contributed by atoms with Crippen LogP contribution in [0.25, 0.3) is 10.9 Å². The molecular weight excluding hydrogens is 286 g/mol. The lowest BCUT2D eigenvalue weighted by molar-refractivity contribution is 0.0917. The van der Waals surface area contributed by atoms with E-state index in [0.29, 0.717) is 22.0 Å². The quantitative estimate of drug-likeness (QED) is 0.896. The second-order valence-electron chi connectivity index (χ2n) is 5.54. The van der Waals surface area contributed by atoms with E-state index in [0.717, 1.165) is 24.9 Å². The van der Waals surface area contributed by atoms with Gasteiger partial charge in [-0.05, 0) is 43.1 Å². The predicted molar refractivity (Wildman–Crippen MR) is 84.7 cm³/mol. The minimum Gasteiger partial charge on any atom is -0.348 e. The Balaban J connectivity index is 1.89. The average molecular weight is 304 g/mol. The summed E-state index contributed by atoms with van der Waals surface area (Å²) in [5.41, 5.74) is 1.23. The van der Waals surface area contributed by atoms with Gasteiger partial charge in [0.25, 0.3) is 5.91 Å². The minimum atomic E-state index is -0.0871. The fraction of sp³-hybridized carbons (Fsp3) is 0.375. The first-order chi connectivity index (χ1) is 10.2. The van der Waals surface area contributed by atoms with Crippen LogP contribution in [0.15, 0.2) is 30.5 Å². The number of carbonyl (C=O) groups is 1. The van der Waals surface area contributed by atoms with E-state index < -0.39 is 0 Å². The summed E-state index contributed by atoms with van der Waals surface area (Å²) in [5, 5.41) is 7.85. The van der Waals surface area contributed by atoms with Gasteiger partial charge in [0.05, 0.1) is 16.1 Å². The fourth-order valence-electron chi connectivity index (χ4n) is 2.75. The van der Waals surface area contributed by atoms with Crippen molar-refractivity contribution in [1.82, 2.24) is 15.6 Å². The molecule has 5 heteroatoms. The zero-order valence-corrected chi connectivity index (χ0v) is 12.7. The second kappa shape index (κ2) is 6.00. The summed E-state index contributed by atoms with van der Waals surface area (Å²) in [4.78, 5) is 16.9. The Morgan fingerprint density at radius 2 is 2.29 bits per heavy atom. The van der Waals surface area contributed by atoms with Gasteiger partial charge < -0.3 is 10.6 Å². The Bertz CT molecular complexity index is 674. The van der Waals surface area contributed by atoms with Crippen LogP contribution in [-0.2, 0) is 0 Å². The molecule has 0 bridgehead atoms. The molecule has 1 saturated heterocycles. The molecule has 21 heavy (non-hydrogen) atoms. The molecule has 2 atom stereocenters. The summed E-state index contributed by atoms with van der Waals surface area (Å²) >= 11 is 6.17. The number of piperidine rings is 1. The number of benzene rings is 1. The van der Waals surface area contributed by atoms with Gasteiger partial charge in [0, 0.05) is 24.2 Å². The van der Waals surface area contributed by atoms with E-state index in [1.54, 1.807) is 18.3 Å². The number of hydrogen-bond donors (Lipinski definition) is 2. The molecule has 0 saturated carbocycles. The van der Waals surface area contributed by atoms with Crippen molar-refractivity contribution in [3.05, 3.63) is 41.0 Å². The van der Waals surface area contributed by atoms with Gasteiger partial charge in [-0.25, -0.2) is 0 Å². The van der Waals surface area contributed by atoms with Gasteiger partial charge in [0.15, 0.2) is 0 Å². The van der Waals surface area contributed by atoms with Gasteiger partial charge in [0.2, 0.25) is 0 Å². The van der Waals surface area contributed by atoms with Crippen molar-refractivity contribution >= 4 is 28.4 Å². The number of aromatic nitrogens is 1. The normalized spacial score (nSPS) is 22.2. The van der Waals surface area contributed by atoms with E-state index in [2.05, 4.69) is 22.5 Å². The summed E-state index contributed by atoms with van der Waals surface area (Å²) in [6.07, 6.45) is 2.75. The molecular formula is C16H18ClN3O. The minimum absolute atomic E-state index is 0.0871. The van der Waals surface area contributed by atoms with Gasteiger partial charge in [-0.2, -0.15) is 0 Å². The highest BCUT2D eigenvalue weighted by Crippen LogP contribution is 2.25. The van der Waals surface area contributed by atoms with E-state index >= 15 is 0 Å². The van der Waals surface area contributed by atoms with Crippen LogP contribution in [0.2, 0.25) is 5.02 Å². The van der Waals surface area contributed by atoms with E-state index in [-0.39, 0.29) is 11.9 Å². The first-order valence-corrected chi connectivity index (χ1v) is 7.59. The first-order valence-electron chi connectivity index (χ1n) is 7.21.